The van der Waals surface area contributed by atoms with Crippen molar-refractivity contribution in [1.82, 2.24) is 4.98 Å². The first-order chi connectivity index (χ1) is 9.10. The maximum absolute atomic E-state index is 10.9. The van der Waals surface area contributed by atoms with E-state index in [9.17, 15) is 10.1 Å². The van der Waals surface area contributed by atoms with Gasteiger partial charge in [0, 0.05) is 29.9 Å². The lowest BCUT2D eigenvalue weighted by Crippen LogP contribution is -2.03. The summed E-state index contributed by atoms with van der Waals surface area (Å²) >= 11 is 1.57. The summed E-state index contributed by atoms with van der Waals surface area (Å²) in [7, 11) is 0. The van der Waals surface area contributed by atoms with Crippen LogP contribution in [0.1, 0.15) is 21.8 Å². The third-order valence-corrected chi connectivity index (χ3v) is 3.72. The molecule has 0 radical (unpaired) electrons. The molecule has 0 aliphatic rings. The number of thiazole rings is 1. The molecule has 0 saturated carbocycles. The van der Waals surface area contributed by atoms with Crippen molar-refractivity contribution in [3.8, 4) is 0 Å². The number of hydrogen-bond acceptors (Lipinski definition) is 5. The van der Waals surface area contributed by atoms with Gasteiger partial charge in [-0.25, -0.2) is 4.98 Å². The third-order valence-electron chi connectivity index (χ3n) is 2.83. The predicted molar refractivity (Wildman–Crippen MR) is 75.5 cm³/mol. The number of aryl methyl sites for hydroxylation is 1. The molecule has 1 aromatic heterocycles. The number of rotatable bonds is 5. The minimum Gasteiger partial charge on any atom is -0.330 e. The molecule has 100 valence electrons. The zero-order chi connectivity index (χ0) is 13.8. The summed E-state index contributed by atoms with van der Waals surface area (Å²) in [4.78, 5) is 15.0. The second-order valence-corrected chi connectivity index (χ2v) is 5.27. The normalized spacial score (nSPS) is 10.6. The standard InChI is InChI=1S/C13H15N3O2S/c1-9-2-3-10(6-12(9)16(17)18)7-13-15-11(4-5-14)8-19-13/h2-3,6,8H,4-5,7,14H2,1H3. The van der Waals surface area contributed by atoms with Crippen LogP contribution in [0.2, 0.25) is 0 Å². The number of nitro benzene ring substituents is 1. The summed E-state index contributed by atoms with van der Waals surface area (Å²) in [6, 6.07) is 5.31. The summed E-state index contributed by atoms with van der Waals surface area (Å²) in [5, 5.41) is 13.8. The highest BCUT2D eigenvalue weighted by Crippen LogP contribution is 2.22. The molecule has 5 nitrogen and oxygen atoms in total. The van der Waals surface area contributed by atoms with Gasteiger partial charge in [-0.3, -0.25) is 10.1 Å². The molecule has 2 rings (SSSR count). The number of aromatic nitrogens is 1. The molecule has 0 unspecified atom stereocenters. The summed E-state index contributed by atoms with van der Waals surface area (Å²) in [5.74, 6) is 0. The molecule has 1 heterocycles. The van der Waals surface area contributed by atoms with Crippen molar-refractivity contribution in [3.05, 3.63) is 55.5 Å². The van der Waals surface area contributed by atoms with Crippen LogP contribution in [0.3, 0.4) is 0 Å². The Hall–Kier alpha value is -1.79. The van der Waals surface area contributed by atoms with Gasteiger partial charge in [0.25, 0.3) is 5.69 Å². The molecule has 0 aliphatic carbocycles. The highest BCUT2D eigenvalue weighted by Gasteiger charge is 2.12. The molecule has 0 spiro atoms. The molecule has 2 aromatic rings. The smallest absolute Gasteiger partial charge is 0.272 e. The number of nitrogens with two attached hydrogens (primary N) is 1. The van der Waals surface area contributed by atoms with Crippen molar-refractivity contribution < 1.29 is 4.92 Å². The zero-order valence-corrected chi connectivity index (χ0v) is 11.4. The van der Waals surface area contributed by atoms with Gasteiger partial charge in [-0.05, 0) is 19.0 Å². The minimum absolute atomic E-state index is 0.163. The van der Waals surface area contributed by atoms with Crippen LogP contribution in [-0.4, -0.2) is 16.5 Å². The van der Waals surface area contributed by atoms with Gasteiger partial charge in [-0.15, -0.1) is 11.3 Å². The van der Waals surface area contributed by atoms with E-state index in [0.29, 0.717) is 18.5 Å². The molecule has 1 aromatic carbocycles. The maximum atomic E-state index is 10.9. The van der Waals surface area contributed by atoms with Crippen LogP contribution < -0.4 is 5.73 Å². The number of benzene rings is 1. The predicted octanol–water partition coefficient (Wildman–Crippen LogP) is 2.45. The van der Waals surface area contributed by atoms with Crippen LogP contribution in [0.15, 0.2) is 23.6 Å². The van der Waals surface area contributed by atoms with Crippen molar-refractivity contribution in [1.29, 1.82) is 0 Å². The number of nitro groups is 1. The Morgan fingerprint density at radius 1 is 1.47 bits per heavy atom. The Bertz CT molecular complexity index is 595. The fourth-order valence-electron chi connectivity index (χ4n) is 1.83. The monoisotopic (exact) mass is 277 g/mol. The van der Waals surface area contributed by atoms with Gasteiger partial charge < -0.3 is 5.73 Å². The maximum Gasteiger partial charge on any atom is 0.272 e. The molecule has 19 heavy (non-hydrogen) atoms. The van der Waals surface area contributed by atoms with E-state index in [4.69, 9.17) is 5.73 Å². The second-order valence-electron chi connectivity index (χ2n) is 4.33. The SMILES string of the molecule is Cc1ccc(Cc2nc(CCN)cs2)cc1[N+](=O)[O-]. The van der Waals surface area contributed by atoms with Crippen molar-refractivity contribution >= 4 is 17.0 Å². The highest BCUT2D eigenvalue weighted by molar-refractivity contribution is 7.09. The molecular formula is C13H15N3O2S. The van der Waals surface area contributed by atoms with Crippen molar-refractivity contribution in [2.24, 2.45) is 5.73 Å². The lowest BCUT2D eigenvalue weighted by molar-refractivity contribution is -0.385. The Kier molecular flexibility index (Phi) is 4.24. The molecule has 0 atom stereocenters. The van der Waals surface area contributed by atoms with Gasteiger partial charge in [-0.1, -0.05) is 12.1 Å². The molecule has 0 fully saturated rings. The molecule has 6 heteroatoms. The van der Waals surface area contributed by atoms with Crippen LogP contribution in [0.5, 0.6) is 0 Å². The van der Waals surface area contributed by atoms with Crippen LogP contribution in [0, 0.1) is 17.0 Å². The first-order valence-electron chi connectivity index (χ1n) is 5.97. The summed E-state index contributed by atoms with van der Waals surface area (Å²) in [6.45, 7) is 2.32. The Labute approximate surface area is 115 Å². The largest absolute Gasteiger partial charge is 0.330 e. The van der Waals surface area contributed by atoms with Crippen molar-refractivity contribution in [3.63, 3.8) is 0 Å². The van der Waals surface area contributed by atoms with E-state index in [1.54, 1.807) is 30.4 Å². The van der Waals surface area contributed by atoms with Crippen LogP contribution in [0.25, 0.3) is 0 Å². The van der Waals surface area contributed by atoms with Crippen LogP contribution in [-0.2, 0) is 12.8 Å². The van der Waals surface area contributed by atoms with Crippen LogP contribution in [0.4, 0.5) is 5.69 Å². The zero-order valence-electron chi connectivity index (χ0n) is 10.6. The lowest BCUT2D eigenvalue weighted by Gasteiger charge is -2.01. The van der Waals surface area contributed by atoms with Crippen molar-refractivity contribution in [2.75, 3.05) is 6.54 Å². The fourth-order valence-corrected chi connectivity index (χ4v) is 2.69. The summed E-state index contributed by atoms with van der Waals surface area (Å²) in [6.07, 6.45) is 1.39. The van der Waals surface area contributed by atoms with Gasteiger partial charge in [0.1, 0.15) is 0 Å². The Balaban J connectivity index is 2.18. The van der Waals surface area contributed by atoms with E-state index in [-0.39, 0.29) is 10.6 Å². The first kappa shape index (κ1) is 13.6. The van der Waals surface area contributed by atoms with E-state index in [1.165, 1.54) is 0 Å². The molecule has 0 saturated heterocycles. The van der Waals surface area contributed by atoms with Gasteiger partial charge in [0.2, 0.25) is 0 Å². The number of hydrogen-bond donors (Lipinski definition) is 1. The van der Waals surface area contributed by atoms with Gasteiger partial charge in [0.05, 0.1) is 15.6 Å². The second kappa shape index (κ2) is 5.90. The Morgan fingerprint density at radius 2 is 2.26 bits per heavy atom. The average molecular weight is 277 g/mol. The van der Waals surface area contributed by atoms with E-state index in [2.05, 4.69) is 4.98 Å². The van der Waals surface area contributed by atoms with Crippen LogP contribution >= 0.6 is 11.3 Å². The molecule has 0 aliphatic heterocycles. The Morgan fingerprint density at radius 3 is 2.95 bits per heavy atom. The van der Waals surface area contributed by atoms with Gasteiger partial charge in [-0.2, -0.15) is 0 Å². The lowest BCUT2D eigenvalue weighted by atomic mass is 10.1. The van der Waals surface area contributed by atoms with E-state index in [0.717, 1.165) is 22.7 Å². The third kappa shape index (κ3) is 3.36. The highest BCUT2D eigenvalue weighted by atomic mass is 32.1. The topological polar surface area (TPSA) is 82.0 Å². The summed E-state index contributed by atoms with van der Waals surface area (Å²) < 4.78 is 0. The van der Waals surface area contributed by atoms with E-state index < -0.39 is 0 Å². The van der Waals surface area contributed by atoms with E-state index in [1.807, 2.05) is 11.4 Å². The fraction of sp³-hybridized carbons (Fsp3) is 0.308. The molecule has 0 amide bonds. The summed E-state index contributed by atoms with van der Waals surface area (Å²) in [5.41, 5.74) is 8.22. The molecular weight excluding hydrogens is 262 g/mol. The first-order valence-corrected chi connectivity index (χ1v) is 6.85. The quantitative estimate of drug-likeness (QED) is 0.672. The number of nitrogens with zero attached hydrogens (tertiary/aromatic N) is 2. The average Bonchev–Trinajstić information content (AvgIpc) is 2.79. The van der Waals surface area contributed by atoms with Crippen molar-refractivity contribution in [2.45, 2.75) is 19.8 Å². The van der Waals surface area contributed by atoms with Gasteiger partial charge >= 0.3 is 0 Å². The van der Waals surface area contributed by atoms with Gasteiger partial charge in [0.15, 0.2) is 0 Å². The van der Waals surface area contributed by atoms with E-state index >= 15 is 0 Å². The minimum atomic E-state index is -0.347. The molecule has 2 N–H and O–H groups in total. The molecule has 0 bridgehead atoms.